The Labute approximate surface area is 137 Å². The summed E-state index contributed by atoms with van der Waals surface area (Å²) < 4.78 is 1.94. The summed E-state index contributed by atoms with van der Waals surface area (Å²) in [7, 11) is 0. The molecule has 2 heterocycles. The van der Waals surface area contributed by atoms with Crippen LogP contribution in [0.3, 0.4) is 0 Å². The smallest absolute Gasteiger partial charge is 0.305 e. The third-order valence-corrected chi connectivity index (χ3v) is 4.57. The van der Waals surface area contributed by atoms with Crippen molar-refractivity contribution < 1.29 is 14.7 Å². The van der Waals surface area contributed by atoms with E-state index in [0.717, 1.165) is 16.9 Å². The zero-order chi connectivity index (χ0) is 16.4. The van der Waals surface area contributed by atoms with E-state index < -0.39 is 5.97 Å². The average Bonchev–Trinajstić information content (AvgIpc) is 3.12. The Morgan fingerprint density at radius 1 is 1.30 bits per heavy atom. The van der Waals surface area contributed by atoms with Gasteiger partial charge in [0.25, 0.3) is 0 Å². The molecule has 0 aliphatic heterocycles. The number of hydrogen-bond donors (Lipinski definition) is 1. The summed E-state index contributed by atoms with van der Waals surface area (Å²) in [5, 5.41) is 11.0. The Hall–Kier alpha value is -2.47. The molecule has 1 aromatic carbocycles. The highest BCUT2D eigenvalue weighted by Gasteiger charge is 2.14. The van der Waals surface area contributed by atoms with Gasteiger partial charge in [-0.05, 0) is 36.6 Å². The maximum atomic E-state index is 11.5. The lowest BCUT2D eigenvalue weighted by Crippen LogP contribution is -2.08. The number of fused-ring (bicyclic) bond motifs is 1. The van der Waals surface area contributed by atoms with Crippen LogP contribution in [-0.4, -0.2) is 26.4 Å². The molecule has 0 saturated carbocycles. The predicted octanol–water partition coefficient (Wildman–Crippen LogP) is 3.37. The van der Waals surface area contributed by atoms with Crippen LogP contribution in [0.2, 0.25) is 0 Å². The zero-order valence-electron chi connectivity index (χ0n) is 12.7. The highest BCUT2D eigenvalue weighted by Crippen LogP contribution is 2.22. The third-order valence-electron chi connectivity index (χ3n) is 3.70. The number of aromatic nitrogens is 2. The standard InChI is InChI=1S/C17H16N2O3S/c1-11(20)12-4-5-15-14(9-12)18-16(10-13-3-2-8-23-13)19(15)7-6-17(21)22/h2-5,8-9H,6-7,10H2,1H3,(H,21,22). The number of thiophene rings is 1. The Morgan fingerprint density at radius 3 is 2.78 bits per heavy atom. The molecule has 0 radical (unpaired) electrons. The summed E-state index contributed by atoms with van der Waals surface area (Å²) in [5.41, 5.74) is 2.21. The highest BCUT2D eigenvalue weighted by atomic mass is 32.1. The highest BCUT2D eigenvalue weighted by molar-refractivity contribution is 7.09. The van der Waals surface area contributed by atoms with Crippen LogP contribution in [0.4, 0.5) is 0 Å². The summed E-state index contributed by atoms with van der Waals surface area (Å²) in [6.45, 7) is 1.89. The van der Waals surface area contributed by atoms with E-state index in [-0.39, 0.29) is 12.2 Å². The van der Waals surface area contributed by atoms with E-state index in [9.17, 15) is 9.59 Å². The molecule has 23 heavy (non-hydrogen) atoms. The second-order valence-electron chi connectivity index (χ2n) is 5.34. The molecule has 0 fully saturated rings. The molecular formula is C17H16N2O3S. The molecule has 0 aliphatic carbocycles. The van der Waals surface area contributed by atoms with Crippen LogP contribution in [0.25, 0.3) is 11.0 Å². The van der Waals surface area contributed by atoms with Gasteiger partial charge in [-0.25, -0.2) is 4.98 Å². The van der Waals surface area contributed by atoms with Gasteiger partial charge >= 0.3 is 5.97 Å². The molecule has 0 amide bonds. The van der Waals surface area contributed by atoms with Gasteiger partial charge in [0.05, 0.1) is 17.5 Å². The summed E-state index contributed by atoms with van der Waals surface area (Å²) in [6, 6.07) is 9.40. The van der Waals surface area contributed by atoms with Crippen LogP contribution in [0.15, 0.2) is 35.7 Å². The van der Waals surface area contributed by atoms with E-state index in [4.69, 9.17) is 5.11 Å². The van der Waals surface area contributed by atoms with E-state index in [0.29, 0.717) is 18.5 Å². The maximum absolute atomic E-state index is 11.5. The van der Waals surface area contributed by atoms with Crippen molar-refractivity contribution in [1.82, 2.24) is 9.55 Å². The lowest BCUT2D eigenvalue weighted by atomic mass is 10.1. The first kappa shape index (κ1) is 15.4. The molecule has 6 heteroatoms. The lowest BCUT2D eigenvalue weighted by Gasteiger charge is -2.07. The van der Waals surface area contributed by atoms with Gasteiger partial charge in [-0.2, -0.15) is 0 Å². The number of nitrogens with zero attached hydrogens (tertiary/aromatic N) is 2. The third kappa shape index (κ3) is 3.32. The van der Waals surface area contributed by atoms with Gasteiger partial charge in [0.15, 0.2) is 5.78 Å². The molecule has 2 aromatic heterocycles. The van der Waals surface area contributed by atoms with Crippen LogP contribution in [0.1, 0.15) is 34.4 Å². The first-order chi connectivity index (χ1) is 11.0. The van der Waals surface area contributed by atoms with E-state index >= 15 is 0 Å². The number of carbonyl (C=O) groups excluding carboxylic acids is 1. The number of aliphatic carboxylic acids is 1. The fourth-order valence-electron chi connectivity index (χ4n) is 2.56. The summed E-state index contributed by atoms with van der Waals surface area (Å²) in [4.78, 5) is 28.3. The van der Waals surface area contributed by atoms with Crippen LogP contribution in [0.5, 0.6) is 0 Å². The van der Waals surface area contributed by atoms with Gasteiger partial charge < -0.3 is 9.67 Å². The number of rotatable bonds is 6. The number of hydrogen-bond acceptors (Lipinski definition) is 4. The number of carboxylic acids is 1. The molecule has 3 aromatic rings. The molecule has 0 bridgehead atoms. The van der Waals surface area contributed by atoms with Crippen LogP contribution < -0.4 is 0 Å². The first-order valence-corrected chi connectivity index (χ1v) is 8.17. The van der Waals surface area contributed by atoms with Gasteiger partial charge in [-0.3, -0.25) is 9.59 Å². The molecule has 0 unspecified atom stereocenters. The number of ketones is 1. The molecule has 0 aliphatic rings. The number of aryl methyl sites for hydroxylation is 1. The summed E-state index contributed by atoms with van der Waals surface area (Å²) >= 11 is 1.65. The minimum absolute atomic E-state index is 0.00760. The minimum Gasteiger partial charge on any atom is -0.481 e. The second-order valence-corrected chi connectivity index (χ2v) is 6.37. The van der Waals surface area contributed by atoms with Crippen LogP contribution in [-0.2, 0) is 17.8 Å². The summed E-state index contributed by atoms with van der Waals surface area (Å²) in [5.74, 6) is -0.0227. The normalized spacial score (nSPS) is 11.0. The Bertz CT molecular complexity index is 865. The molecule has 0 atom stereocenters. The molecule has 1 N–H and O–H groups in total. The number of carboxylic acid groups (broad SMARTS) is 1. The van der Waals surface area contributed by atoms with Crippen molar-refractivity contribution in [3.05, 3.63) is 52.0 Å². The molecule has 0 saturated heterocycles. The summed E-state index contributed by atoms with van der Waals surface area (Å²) in [6.07, 6.45) is 0.693. The average molecular weight is 328 g/mol. The molecular weight excluding hydrogens is 312 g/mol. The fraction of sp³-hybridized carbons (Fsp3) is 0.235. The Kier molecular flexibility index (Phi) is 4.25. The molecule has 3 rings (SSSR count). The zero-order valence-corrected chi connectivity index (χ0v) is 13.5. The van der Waals surface area contributed by atoms with Crippen molar-refractivity contribution in [3.63, 3.8) is 0 Å². The molecule has 5 nitrogen and oxygen atoms in total. The predicted molar refractivity (Wildman–Crippen MR) is 89.1 cm³/mol. The van der Waals surface area contributed by atoms with Gasteiger partial charge in [0, 0.05) is 23.4 Å². The van der Waals surface area contributed by atoms with Crippen LogP contribution >= 0.6 is 11.3 Å². The molecule has 118 valence electrons. The molecule has 0 spiro atoms. The van der Waals surface area contributed by atoms with Crippen molar-refractivity contribution in [3.8, 4) is 0 Å². The van der Waals surface area contributed by atoms with E-state index in [1.807, 2.05) is 28.1 Å². The van der Waals surface area contributed by atoms with Gasteiger partial charge in [-0.1, -0.05) is 6.07 Å². The Balaban J connectivity index is 2.05. The van der Waals surface area contributed by atoms with Gasteiger partial charge in [0.2, 0.25) is 0 Å². The Morgan fingerprint density at radius 2 is 2.13 bits per heavy atom. The van der Waals surface area contributed by atoms with Gasteiger partial charge in [-0.15, -0.1) is 11.3 Å². The SMILES string of the molecule is CC(=O)c1ccc2c(c1)nc(Cc1cccs1)n2CCC(=O)O. The topological polar surface area (TPSA) is 72.2 Å². The largest absolute Gasteiger partial charge is 0.481 e. The number of imidazole rings is 1. The van der Waals surface area contributed by atoms with Crippen molar-refractivity contribution in [1.29, 1.82) is 0 Å². The quantitative estimate of drug-likeness (QED) is 0.704. The second kappa shape index (κ2) is 6.34. The van der Waals surface area contributed by atoms with Crippen molar-refractivity contribution >= 4 is 34.1 Å². The lowest BCUT2D eigenvalue weighted by molar-refractivity contribution is -0.137. The number of benzene rings is 1. The van der Waals surface area contributed by atoms with Crippen molar-refractivity contribution in [2.24, 2.45) is 0 Å². The van der Waals surface area contributed by atoms with Crippen molar-refractivity contribution in [2.45, 2.75) is 26.3 Å². The minimum atomic E-state index is -0.839. The van der Waals surface area contributed by atoms with Crippen LogP contribution in [0, 0.1) is 0 Å². The first-order valence-electron chi connectivity index (χ1n) is 7.29. The van der Waals surface area contributed by atoms with Gasteiger partial charge in [0.1, 0.15) is 5.82 Å². The maximum Gasteiger partial charge on any atom is 0.305 e. The monoisotopic (exact) mass is 328 g/mol. The number of carbonyl (C=O) groups is 2. The van der Waals surface area contributed by atoms with E-state index in [1.165, 1.54) is 11.8 Å². The van der Waals surface area contributed by atoms with E-state index in [1.54, 1.807) is 23.5 Å². The fourth-order valence-corrected chi connectivity index (χ4v) is 3.26. The van der Waals surface area contributed by atoms with Crippen molar-refractivity contribution in [2.75, 3.05) is 0 Å². The van der Waals surface area contributed by atoms with E-state index in [2.05, 4.69) is 4.98 Å². The number of Topliss-reactive ketones (excluding diaryl/α,β-unsaturated/α-hetero) is 1.